The summed E-state index contributed by atoms with van der Waals surface area (Å²) >= 11 is 0. The van der Waals surface area contributed by atoms with E-state index in [4.69, 9.17) is 17.2 Å². The topological polar surface area (TPSA) is 78.1 Å². The summed E-state index contributed by atoms with van der Waals surface area (Å²) in [4.78, 5) is 0. The highest BCUT2D eigenvalue weighted by molar-refractivity contribution is 5.50. The van der Waals surface area contributed by atoms with Crippen LogP contribution >= 0.6 is 0 Å². The van der Waals surface area contributed by atoms with E-state index in [0.717, 1.165) is 36.3 Å². The molecule has 0 amide bonds. The molecule has 0 bridgehead atoms. The minimum absolute atomic E-state index is 0.605. The third-order valence-corrected chi connectivity index (χ3v) is 6.04. The summed E-state index contributed by atoms with van der Waals surface area (Å²) in [6.45, 7) is 0. The number of para-hydroxylation sites is 3. The lowest BCUT2D eigenvalue weighted by Crippen LogP contribution is -1.99. The van der Waals surface area contributed by atoms with Gasteiger partial charge in [-0.3, -0.25) is 0 Å². The Kier molecular flexibility index (Phi) is 4.76. The van der Waals surface area contributed by atoms with E-state index in [1.54, 1.807) is 0 Å². The smallest absolute Gasteiger partial charge is 0.0346 e. The van der Waals surface area contributed by atoms with Gasteiger partial charge in [-0.1, -0.05) is 54.6 Å². The second-order valence-electron chi connectivity index (χ2n) is 7.70. The molecule has 138 valence electrons. The van der Waals surface area contributed by atoms with Crippen molar-refractivity contribution < 1.29 is 0 Å². The number of nitrogens with two attached hydrogens (primary N) is 3. The van der Waals surface area contributed by atoms with Crippen LogP contribution in [0.5, 0.6) is 0 Å². The number of hydrogen-bond acceptors (Lipinski definition) is 3. The Morgan fingerprint density at radius 1 is 0.444 bits per heavy atom. The Balaban J connectivity index is 1.55. The van der Waals surface area contributed by atoms with Gasteiger partial charge >= 0.3 is 0 Å². The average Bonchev–Trinajstić information content (AvgIpc) is 3.31. The van der Waals surface area contributed by atoms with Crippen LogP contribution < -0.4 is 17.2 Å². The van der Waals surface area contributed by atoms with Gasteiger partial charge in [0.1, 0.15) is 0 Å². The first-order chi connectivity index (χ1) is 13.1. The summed E-state index contributed by atoms with van der Waals surface area (Å²) in [6.07, 6.45) is 3.05. The van der Waals surface area contributed by atoms with E-state index in [9.17, 15) is 0 Å². The number of rotatable bonds is 6. The van der Waals surface area contributed by atoms with E-state index >= 15 is 0 Å². The molecule has 27 heavy (non-hydrogen) atoms. The maximum absolute atomic E-state index is 6.20. The molecule has 3 nitrogen and oxygen atoms in total. The van der Waals surface area contributed by atoms with Crippen molar-refractivity contribution in [3.8, 4) is 0 Å². The van der Waals surface area contributed by atoms with Crippen molar-refractivity contribution in [2.75, 3.05) is 17.2 Å². The van der Waals surface area contributed by atoms with Crippen molar-refractivity contribution in [1.29, 1.82) is 0 Å². The standard InChI is InChI=1S/C24H27N3/c25-22-10-4-1-7-16(22)13-19-20(14-17-8-2-5-11-23(17)26)21(19)15-18-9-3-6-12-24(18)27/h1-12,19-21H,13-15,25-27H2. The van der Waals surface area contributed by atoms with Crippen LogP contribution in [-0.4, -0.2) is 0 Å². The van der Waals surface area contributed by atoms with E-state index in [1.165, 1.54) is 16.7 Å². The molecular weight excluding hydrogens is 330 g/mol. The molecule has 4 rings (SSSR count). The third-order valence-electron chi connectivity index (χ3n) is 6.04. The van der Waals surface area contributed by atoms with E-state index in [-0.39, 0.29) is 0 Å². The molecule has 0 aliphatic heterocycles. The highest BCUT2D eigenvalue weighted by atomic mass is 14.6. The average molecular weight is 358 g/mol. The Labute approximate surface area is 161 Å². The Morgan fingerprint density at radius 3 is 0.963 bits per heavy atom. The molecule has 1 aliphatic rings. The monoisotopic (exact) mass is 357 g/mol. The number of anilines is 3. The largest absolute Gasteiger partial charge is 0.399 e. The first-order valence-electron chi connectivity index (χ1n) is 9.63. The van der Waals surface area contributed by atoms with E-state index in [2.05, 4.69) is 36.4 Å². The normalized spacial score (nSPS) is 21.1. The van der Waals surface area contributed by atoms with Gasteiger partial charge in [0.2, 0.25) is 0 Å². The summed E-state index contributed by atoms with van der Waals surface area (Å²) in [5, 5.41) is 0. The molecule has 1 aliphatic carbocycles. The van der Waals surface area contributed by atoms with Crippen LogP contribution in [-0.2, 0) is 19.3 Å². The first-order valence-corrected chi connectivity index (χ1v) is 9.63. The molecule has 3 aromatic carbocycles. The molecule has 0 aromatic heterocycles. The first kappa shape index (κ1) is 17.5. The van der Waals surface area contributed by atoms with Crippen molar-refractivity contribution in [2.45, 2.75) is 19.3 Å². The second-order valence-corrected chi connectivity index (χ2v) is 7.70. The fourth-order valence-corrected chi connectivity index (χ4v) is 4.35. The van der Waals surface area contributed by atoms with Crippen molar-refractivity contribution in [2.24, 2.45) is 17.8 Å². The van der Waals surface area contributed by atoms with Crippen molar-refractivity contribution in [3.05, 3.63) is 89.5 Å². The van der Waals surface area contributed by atoms with Crippen LogP contribution in [0.2, 0.25) is 0 Å². The second kappa shape index (κ2) is 7.36. The van der Waals surface area contributed by atoms with Gasteiger partial charge in [-0.05, 0) is 71.9 Å². The maximum atomic E-state index is 6.20. The molecule has 0 saturated heterocycles. The van der Waals surface area contributed by atoms with Gasteiger partial charge in [0.05, 0.1) is 0 Å². The van der Waals surface area contributed by atoms with Crippen molar-refractivity contribution >= 4 is 17.1 Å². The quantitative estimate of drug-likeness (QED) is 0.575. The predicted octanol–water partition coefficient (Wildman–Crippen LogP) is 4.32. The molecule has 3 aromatic rings. The summed E-state index contributed by atoms with van der Waals surface area (Å²) in [5.74, 6) is 1.82. The van der Waals surface area contributed by atoms with Gasteiger partial charge in [0.25, 0.3) is 0 Å². The molecule has 0 spiro atoms. The highest BCUT2D eigenvalue weighted by Gasteiger charge is 2.49. The van der Waals surface area contributed by atoms with Crippen LogP contribution in [0.1, 0.15) is 16.7 Å². The van der Waals surface area contributed by atoms with Crippen LogP contribution in [0, 0.1) is 17.8 Å². The molecule has 0 radical (unpaired) electrons. The molecule has 0 unspecified atom stereocenters. The van der Waals surface area contributed by atoms with Crippen LogP contribution in [0.4, 0.5) is 17.1 Å². The van der Waals surface area contributed by atoms with E-state index < -0.39 is 0 Å². The molecule has 1 fully saturated rings. The zero-order valence-corrected chi connectivity index (χ0v) is 15.5. The number of benzene rings is 3. The number of hydrogen-bond donors (Lipinski definition) is 3. The van der Waals surface area contributed by atoms with Crippen LogP contribution in [0.25, 0.3) is 0 Å². The minimum Gasteiger partial charge on any atom is -0.399 e. The highest BCUT2D eigenvalue weighted by Crippen LogP contribution is 2.53. The van der Waals surface area contributed by atoms with Gasteiger partial charge in [-0.25, -0.2) is 0 Å². The SMILES string of the molecule is Nc1ccccc1CC1C(Cc2ccccc2N)C1Cc1ccccc1N. The lowest BCUT2D eigenvalue weighted by Gasteiger charge is -2.06. The van der Waals surface area contributed by atoms with E-state index in [0.29, 0.717) is 17.8 Å². The Morgan fingerprint density at radius 2 is 0.704 bits per heavy atom. The summed E-state index contributed by atoms with van der Waals surface area (Å²) in [6, 6.07) is 24.6. The zero-order valence-electron chi connectivity index (χ0n) is 15.5. The molecule has 1 saturated carbocycles. The summed E-state index contributed by atoms with van der Waals surface area (Å²) in [5.41, 5.74) is 25.0. The van der Waals surface area contributed by atoms with Gasteiger partial charge < -0.3 is 17.2 Å². The molecule has 3 heteroatoms. The van der Waals surface area contributed by atoms with Gasteiger partial charge in [-0.2, -0.15) is 0 Å². The Bertz CT molecular complexity index is 806. The molecule has 0 atom stereocenters. The third kappa shape index (κ3) is 3.77. The predicted molar refractivity (Wildman–Crippen MR) is 114 cm³/mol. The van der Waals surface area contributed by atoms with Gasteiger partial charge in [-0.15, -0.1) is 0 Å². The maximum Gasteiger partial charge on any atom is 0.0346 e. The fraction of sp³-hybridized carbons (Fsp3) is 0.250. The molecular formula is C24H27N3. The van der Waals surface area contributed by atoms with Gasteiger partial charge in [0.15, 0.2) is 0 Å². The van der Waals surface area contributed by atoms with Crippen LogP contribution in [0.15, 0.2) is 72.8 Å². The molecule has 6 N–H and O–H groups in total. The summed E-state index contributed by atoms with van der Waals surface area (Å²) in [7, 11) is 0. The Hall–Kier alpha value is -2.94. The zero-order chi connectivity index (χ0) is 18.8. The van der Waals surface area contributed by atoms with Crippen molar-refractivity contribution in [1.82, 2.24) is 0 Å². The fourth-order valence-electron chi connectivity index (χ4n) is 4.35. The summed E-state index contributed by atoms with van der Waals surface area (Å²) < 4.78 is 0. The lowest BCUT2D eigenvalue weighted by molar-refractivity contribution is 0.695. The molecule has 0 heterocycles. The number of nitrogen functional groups attached to an aromatic ring is 3. The van der Waals surface area contributed by atoms with Gasteiger partial charge in [0, 0.05) is 17.1 Å². The lowest BCUT2D eigenvalue weighted by atomic mass is 10.0. The minimum atomic E-state index is 0.605. The van der Waals surface area contributed by atoms with Crippen molar-refractivity contribution in [3.63, 3.8) is 0 Å². The van der Waals surface area contributed by atoms with Crippen LogP contribution in [0.3, 0.4) is 0 Å². The van der Waals surface area contributed by atoms with E-state index in [1.807, 2.05) is 36.4 Å².